The highest BCUT2D eigenvalue weighted by Crippen LogP contribution is 2.32. The monoisotopic (exact) mass is 433 g/mol. The van der Waals surface area contributed by atoms with Crippen LogP contribution < -0.4 is 5.32 Å². The number of benzene rings is 1. The van der Waals surface area contributed by atoms with E-state index in [0.717, 1.165) is 10.7 Å². The van der Waals surface area contributed by atoms with Gasteiger partial charge >= 0.3 is 0 Å². The third-order valence-electron chi connectivity index (χ3n) is 4.67. The van der Waals surface area contributed by atoms with Crippen LogP contribution in [0.25, 0.3) is 0 Å². The zero-order valence-corrected chi connectivity index (χ0v) is 17.6. The molecule has 0 radical (unpaired) electrons. The number of carbonyl (C=O) groups excluding carboxylic acids is 1. The minimum atomic E-state index is -3.68. The number of aromatic nitrogens is 1. The van der Waals surface area contributed by atoms with E-state index in [-0.39, 0.29) is 23.4 Å². The Morgan fingerprint density at radius 2 is 2.11 bits per heavy atom. The molecule has 3 heterocycles. The molecule has 0 spiro atoms. The Morgan fingerprint density at radius 3 is 2.82 bits per heavy atom. The smallest absolute Gasteiger partial charge is 0.252 e. The van der Waals surface area contributed by atoms with E-state index >= 15 is 0 Å². The highest BCUT2D eigenvalue weighted by molar-refractivity contribution is 7.89. The summed E-state index contributed by atoms with van der Waals surface area (Å²) in [5.41, 5.74) is 1.96. The first-order valence-electron chi connectivity index (χ1n) is 8.78. The van der Waals surface area contributed by atoms with Crippen molar-refractivity contribution in [3.63, 3.8) is 0 Å². The van der Waals surface area contributed by atoms with Gasteiger partial charge in [-0.3, -0.25) is 4.79 Å². The number of nitrogens with zero attached hydrogens (tertiary/aromatic N) is 2. The van der Waals surface area contributed by atoms with E-state index in [2.05, 4.69) is 10.3 Å². The van der Waals surface area contributed by atoms with E-state index in [1.807, 2.05) is 17.7 Å². The lowest BCUT2D eigenvalue weighted by molar-refractivity contribution is 0.0934. The minimum Gasteiger partial charge on any atom is -0.345 e. The van der Waals surface area contributed by atoms with Crippen molar-refractivity contribution in [3.05, 3.63) is 68.3 Å². The largest absolute Gasteiger partial charge is 0.345 e. The zero-order valence-electron chi connectivity index (χ0n) is 15.2. The van der Waals surface area contributed by atoms with Crippen LogP contribution in [-0.2, 0) is 16.6 Å². The summed E-state index contributed by atoms with van der Waals surface area (Å²) in [5, 5.41) is 9.43. The molecule has 28 heavy (non-hydrogen) atoms. The second kappa shape index (κ2) is 7.75. The lowest BCUT2D eigenvalue weighted by Gasteiger charge is -2.19. The molecule has 0 saturated carbocycles. The highest BCUT2D eigenvalue weighted by atomic mass is 32.2. The molecule has 1 aliphatic rings. The first-order chi connectivity index (χ1) is 13.4. The van der Waals surface area contributed by atoms with Gasteiger partial charge in [-0.15, -0.1) is 11.3 Å². The lowest BCUT2D eigenvalue weighted by Crippen LogP contribution is -2.31. The molecular weight excluding hydrogens is 414 g/mol. The summed E-state index contributed by atoms with van der Waals surface area (Å²) in [6, 6.07) is 8.29. The van der Waals surface area contributed by atoms with Crippen molar-refractivity contribution in [1.82, 2.24) is 14.6 Å². The van der Waals surface area contributed by atoms with Gasteiger partial charge in [0.2, 0.25) is 10.0 Å². The third-order valence-corrected chi connectivity index (χ3v) is 8.10. The second-order valence-corrected chi connectivity index (χ2v) is 10.3. The van der Waals surface area contributed by atoms with Crippen LogP contribution >= 0.6 is 22.7 Å². The van der Waals surface area contributed by atoms with Gasteiger partial charge in [-0.1, -0.05) is 18.2 Å². The molecule has 9 heteroatoms. The Balaban J connectivity index is 1.66. The standard InChI is InChI=1S/C19H19N3O3S3/c1-13-20-15(12-27-13)10-22-8-6-17(21-19(23)14-7-9-26-11-14)16-4-2-3-5-18(16)28(22,24)25/h2-5,7,9,11-12,17H,6,8,10H2,1H3,(H,21,23)/t17-/m1/s1. The molecule has 0 fully saturated rings. The number of hydrogen-bond acceptors (Lipinski definition) is 6. The van der Waals surface area contributed by atoms with E-state index in [1.165, 1.54) is 27.0 Å². The van der Waals surface area contributed by atoms with E-state index in [1.54, 1.807) is 35.7 Å². The van der Waals surface area contributed by atoms with Crippen molar-refractivity contribution in [2.45, 2.75) is 30.8 Å². The number of aryl methyl sites for hydroxylation is 1. The van der Waals surface area contributed by atoms with E-state index in [4.69, 9.17) is 0 Å². The Hall–Kier alpha value is -2.07. The predicted octanol–water partition coefficient (Wildman–Crippen LogP) is 3.58. The maximum atomic E-state index is 13.3. The van der Waals surface area contributed by atoms with Crippen LogP contribution in [0.2, 0.25) is 0 Å². The third kappa shape index (κ3) is 3.75. The first kappa shape index (κ1) is 19.3. The number of thiophene rings is 1. The van der Waals surface area contributed by atoms with Crippen molar-refractivity contribution >= 4 is 38.6 Å². The zero-order chi connectivity index (χ0) is 19.7. The molecule has 3 aromatic rings. The summed E-state index contributed by atoms with van der Waals surface area (Å²) in [6.45, 7) is 2.44. The van der Waals surface area contributed by atoms with E-state index < -0.39 is 10.0 Å². The van der Waals surface area contributed by atoms with Crippen molar-refractivity contribution in [3.8, 4) is 0 Å². The average molecular weight is 434 g/mol. The SMILES string of the molecule is Cc1nc(CN2CC[C@@H](NC(=O)c3ccsc3)c3ccccc3S2(=O)=O)cs1. The van der Waals surface area contributed by atoms with Gasteiger partial charge in [-0.2, -0.15) is 15.6 Å². The van der Waals surface area contributed by atoms with Crippen molar-refractivity contribution in [1.29, 1.82) is 0 Å². The molecule has 2 aromatic heterocycles. The molecule has 146 valence electrons. The summed E-state index contributed by atoms with van der Waals surface area (Å²) >= 11 is 2.95. The fourth-order valence-electron chi connectivity index (χ4n) is 3.30. The van der Waals surface area contributed by atoms with Crippen molar-refractivity contribution in [2.75, 3.05) is 6.54 Å². The quantitative estimate of drug-likeness (QED) is 0.682. The van der Waals surface area contributed by atoms with Gasteiger partial charge in [-0.05, 0) is 36.4 Å². The number of nitrogens with one attached hydrogen (secondary N) is 1. The highest BCUT2D eigenvalue weighted by Gasteiger charge is 2.34. The van der Waals surface area contributed by atoms with Gasteiger partial charge in [0, 0.05) is 17.3 Å². The van der Waals surface area contributed by atoms with E-state index in [9.17, 15) is 13.2 Å². The van der Waals surface area contributed by atoms with Crippen LogP contribution in [-0.4, -0.2) is 30.2 Å². The van der Waals surface area contributed by atoms with Gasteiger partial charge in [-0.25, -0.2) is 13.4 Å². The van der Waals surface area contributed by atoms with Gasteiger partial charge in [0.15, 0.2) is 0 Å². The minimum absolute atomic E-state index is 0.193. The second-order valence-electron chi connectivity index (χ2n) is 6.56. The molecule has 1 aromatic carbocycles. The average Bonchev–Trinajstić information content (AvgIpc) is 3.33. The van der Waals surface area contributed by atoms with Gasteiger partial charge < -0.3 is 5.32 Å². The maximum Gasteiger partial charge on any atom is 0.252 e. The van der Waals surface area contributed by atoms with Crippen LogP contribution in [0.1, 0.15) is 39.1 Å². The number of amides is 1. The Kier molecular flexibility index (Phi) is 5.33. The normalized spacial score (nSPS) is 19.0. The number of hydrogen-bond donors (Lipinski definition) is 1. The molecule has 1 amide bonds. The van der Waals surface area contributed by atoms with Crippen molar-refractivity contribution in [2.24, 2.45) is 0 Å². The topological polar surface area (TPSA) is 79.4 Å². The molecule has 1 N–H and O–H groups in total. The van der Waals surface area contributed by atoms with Crippen LogP contribution in [0.4, 0.5) is 0 Å². The summed E-state index contributed by atoms with van der Waals surface area (Å²) in [5.74, 6) is -0.193. The number of fused-ring (bicyclic) bond motifs is 1. The first-order valence-corrected chi connectivity index (χ1v) is 12.0. The number of thiazole rings is 1. The van der Waals surface area contributed by atoms with Crippen molar-refractivity contribution < 1.29 is 13.2 Å². The molecule has 4 rings (SSSR count). The molecule has 0 saturated heterocycles. The maximum absolute atomic E-state index is 13.3. The number of carbonyl (C=O) groups is 1. The Bertz CT molecular complexity index is 1090. The number of rotatable bonds is 4. The Morgan fingerprint density at radius 1 is 1.29 bits per heavy atom. The predicted molar refractivity (Wildman–Crippen MR) is 110 cm³/mol. The van der Waals surface area contributed by atoms with Crippen LogP contribution in [0, 0.1) is 6.92 Å². The summed E-state index contributed by atoms with van der Waals surface area (Å²) in [4.78, 5) is 17.2. The molecule has 0 bridgehead atoms. The van der Waals surface area contributed by atoms with Gasteiger partial charge in [0.1, 0.15) is 0 Å². The number of sulfonamides is 1. The van der Waals surface area contributed by atoms with E-state index in [0.29, 0.717) is 24.1 Å². The fraction of sp³-hybridized carbons (Fsp3) is 0.263. The summed E-state index contributed by atoms with van der Waals surface area (Å²) in [6.07, 6.45) is 0.495. The van der Waals surface area contributed by atoms with Gasteiger partial charge in [0.25, 0.3) is 5.91 Å². The molecule has 0 unspecified atom stereocenters. The molecule has 1 atom stereocenters. The molecular formula is C19H19N3O3S3. The lowest BCUT2D eigenvalue weighted by atomic mass is 10.0. The Labute approximate surface area is 171 Å². The summed E-state index contributed by atoms with van der Waals surface area (Å²) in [7, 11) is -3.68. The van der Waals surface area contributed by atoms with Crippen LogP contribution in [0.5, 0.6) is 0 Å². The molecule has 1 aliphatic heterocycles. The van der Waals surface area contributed by atoms with Crippen LogP contribution in [0.3, 0.4) is 0 Å². The molecule has 6 nitrogen and oxygen atoms in total. The van der Waals surface area contributed by atoms with Gasteiger partial charge in [0.05, 0.1) is 33.7 Å². The summed E-state index contributed by atoms with van der Waals surface area (Å²) < 4.78 is 28.0. The fourth-order valence-corrected chi connectivity index (χ4v) is 6.23. The molecule has 0 aliphatic carbocycles. The van der Waals surface area contributed by atoms with Crippen LogP contribution in [0.15, 0.2) is 51.4 Å².